The molecule has 1 aliphatic carbocycles. The van der Waals surface area contributed by atoms with Gasteiger partial charge in [-0.15, -0.1) is 0 Å². The molecule has 1 aromatic rings. The van der Waals surface area contributed by atoms with Crippen LogP contribution >= 0.6 is 0 Å². The van der Waals surface area contributed by atoms with Crippen molar-refractivity contribution < 1.29 is 18.0 Å². The molecule has 1 saturated heterocycles. The van der Waals surface area contributed by atoms with Crippen LogP contribution in [-0.4, -0.2) is 72.9 Å². The second-order valence-electron chi connectivity index (χ2n) is 7.58. The van der Waals surface area contributed by atoms with E-state index in [4.69, 9.17) is 0 Å². The van der Waals surface area contributed by atoms with Crippen molar-refractivity contribution in [1.82, 2.24) is 19.5 Å². The topological polar surface area (TPSA) is 99.7 Å². The van der Waals surface area contributed by atoms with E-state index in [9.17, 15) is 18.0 Å². The largest absolute Gasteiger partial charge is 0.354 e. The Labute approximate surface area is 166 Å². The molecule has 0 spiro atoms. The Kier molecular flexibility index (Phi) is 6.34. The van der Waals surface area contributed by atoms with E-state index < -0.39 is 10.0 Å². The first-order chi connectivity index (χ1) is 13.3. The van der Waals surface area contributed by atoms with Crippen molar-refractivity contribution >= 4 is 21.8 Å². The lowest BCUT2D eigenvalue weighted by Gasteiger charge is -2.30. The highest BCUT2D eigenvalue weighted by atomic mass is 32.2. The number of sulfonamides is 1. The predicted molar refractivity (Wildman–Crippen MR) is 105 cm³/mol. The maximum atomic E-state index is 12.9. The number of aryl methyl sites for hydroxylation is 1. The average Bonchev–Trinajstić information content (AvgIpc) is 3.10. The molecule has 0 bridgehead atoms. The van der Waals surface area contributed by atoms with Crippen LogP contribution in [0.5, 0.6) is 0 Å². The van der Waals surface area contributed by atoms with E-state index >= 15 is 0 Å². The Balaban J connectivity index is 1.81. The van der Waals surface area contributed by atoms with Gasteiger partial charge < -0.3 is 10.2 Å². The van der Waals surface area contributed by atoms with Crippen LogP contribution in [0.15, 0.2) is 18.2 Å². The summed E-state index contributed by atoms with van der Waals surface area (Å²) in [4.78, 5) is 31.5. The van der Waals surface area contributed by atoms with E-state index in [0.29, 0.717) is 51.1 Å². The van der Waals surface area contributed by atoms with Gasteiger partial charge in [0.1, 0.15) is 5.69 Å². The molecule has 2 unspecified atom stereocenters. The Bertz CT molecular complexity index is 842. The molecule has 2 fully saturated rings. The standard InChI is InChI=1S/C19H28N4O4S/c1-14-6-3-8-16(21-14)19(25)22-11-5-12-23(28(2,26)27)17-9-4-7-15(17)18(24)20-10-13-22/h3,6,8,15,17H,4-5,7,9-13H2,1-2H3,(H,20,24). The summed E-state index contributed by atoms with van der Waals surface area (Å²) in [6.45, 7) is 3.26. The Morgan fingerprint density at radius 2 is 1.96 bits per heavy atom. The van der Waals surface area contributed by atoms with Gasteiger partial charge in [0.15, 0.2) is 0 Å². The zero-order valence-corrected chi connectivity index (χ0v) is 17.2. The van der Waals surface area contributed by atoms with E-state index in [1.807, 2.05) is 13.0 Å². The minimum Gasteiger partial charge on any atom is -0.354 e. The lowest BCUT2D eigenvalue weighted by Crippen LogP contribution is -2.47. The van der Waals surface area contributed by atoms with Crippen molar-refractivity contribution in [3.63, 3.8) is 0 Å². The van der Waals surface area contributed by atoms with Crippen LogP contribution in [-0.2, 0) is 14.8 Å². The number of rotatable bonds is 2. The normalized spacial score (nSPS) is 24.9. The van der Waals surface area contributed by atoms with E-state index in [1.54, 1.807) is 17.0 Å². The second kappa shape index (κ2) is 8.57. The molecule has 0 radical (unpaired) electrons. The molecular weight excluding hydrogens is 380 g/mol. The highest BCUT2D eigenvalue weighted by molar-refractivity contribution is 7.88. The minimum absolute atomic E-state index is 0.126. The molecule has 1 aromatic heterocycles. The summed E-state index contributed by atoms with van der Waals surface area (Å²) in [6, 6.07) is 4.99. The number of hydrogen-bond donors (Lipinski definition) is 1. The van der Waals surface area contributed by atoms with Gasteiger partial charge >= 0.3 is 0 Å². The molecular formula is C19H28N4O4S. The van der Waals surface area contributed by atoms with Crippen LogP contribution in [0.1, 0.15) is 41.9 Å². The number of pyridine rings is 1. The molecule has 1 N–H and O–H groups in total. The number of carbonyl (C=O) groups is 2. The van der Waals surface area contributed by atoms with Crippen LogP contribution in [0.4, 0.5) is 0 Å². The third kappa shape index (κ3) is 4.70. The zero-order chi connectivity index (χ0) is 20.3. The van der Waals surface area contributed by atoms with E-state index in [0.717, 1.165) is 12.1 Å². The molecule has 0 aromatic carbocycles. The summed E-state index contributed by atoms with van der Waals surface area (Å²) in [5, 5.41) is 2.90. The van der Waals surface area contributed by atoms with Crippen LogP contribution in [0.2, 0.25) is 0 Å². The van der Waals surface area contributed by atoms with Gasteiger partial charge in [0.25, 0.3) is 5.91 Å². The molecule has 1 aliphatic heterocycles. The number of carbonyl (C=O) groups excluding carboxylic acids is 2. The number of hydrogen-bond acceptors (Lipinski definition) is 5. The Morgan fingerprint density at radius 3 is 2.68 bits per heavy atom. The van der Waals surface area contributed by atoms with Crippen molar-refractivity contribution in [2.75, 3.05) is 32.4 Å². The van der Waals surface area contributed by atoms with Gasteiger partial charge in [0, 0.05) is 37.9 Å². The average molecular weight is 409 g/mol. The molecule has 154 valence electrons. The molecule has 8 nitrogen and oxygen atoms in total. The first-order valence-corrected chi connectivity index (χ1v) is 11.6. The van der Waals surface area contributed by atoms with Gasteiger partial charge in [-0.2, -0.15) is 4.31 Å². The fraction of sp³-hybridized carbons (Fsp3) is 0.632. The fourth-order valence-electron chi connectivity index (χ4n) is 4.17. The summed E-state index contributed by atoms with van der Waals surface area (Å²) in [6.07, 6.45) is 3.94. The number of nitrogens with zero attached hydrogens (tertiary/aromatic N) is 3. The van der Waals surface area contributed by atoms with Gasteiger partial charge in [-0.05, 0) is 38.3 Å². The highest BCUT2D eigenvalue weighted by Crippen LogP contribution is 2.32. The maximum absolute atomic E-state index is 12.9. The SMILES string of the molecule is Cc1cccc(C(=O)N2CCCN(S(C)(=O)=O)C3CCCC3C(=O)NCC2)n1. The number of nitrogens with one attached hydrogen (secondary N) is 1. The molecule has 9 heteroatoms. The second-order valence-corrected chi connectivity index (χ2v) is 9.51. The van der Waals surface area contributed by atoms with Crippen molar-refractivity contribution in [3.05, 3.63) is 29.6 Å². The van der Waals surface area contributed by atoms with Crippen LogP contribution < -0.4 is 5.32 Å². The fourth-order valence-corrected chi connectivity index (χ4v) is 5.38. The zero-order valence-electron chi connectivity index (χ0n) is 16.4. The molecule has 3 rings (SSSR count). The van der Waals surface area contributed by atoms with Gasteiger partial charge in [0.2, 0.25) is 15.9 Å². The molecule has 1 saturated carbocycles. The third-order valence-corrected chi connectivity index (χ3v) is 6.80. The van der Waals surface area contributed by atoms with Gasteiger partial charge in [-0.3, -0.25) is 9.59 Å². The van der Waals surface area contributed by atoms with Crippen LogP contribution in [0, 0.1) is 12.8 Å². The van der Waals surface area contributed by atoms with Crippen molar-refractivity contribution in [1.29, 1.82) is 0 Å². The van der Waals surface area contributed by atoms with E-state index in [-0.39, 0.29) is 23.8 Å². The van der Waals surface area contributed by atoms with E-state index in [2.05, 4.69) is 10.3 Å². The third-order valence-electron chi connectivity index (χ3n) is 5.49. The summed E-state index contributed by atoms with van der Waals surface area (Å²) < 4.78 is 26.2. The van der Waals surface area contributed by atoms with Gasteiger partial charge in [0.05, 0.1) is 12.2 Å². The van der Waals surface area contributed by atoms with Crippen LogP contribution in [0.3, 0.4) is 0 Å². The highest BCUT2D eigenvalue weighted by Gasteiger charge is 2.40. The van der Waals surface area contributed by atoms with Crippen molar-refractivity contribution in [2.45, 2.75) is 38.6 Å². The Hall–Kier alpha value is -2.00. The minimum atomic E-state index is -3.44. The smallest absolute Gasteiger partial charge is 0.272 e. The first-order valence-electron chi connectivity index (χ1n) is 9.75. The first kappa shape index (κ1) is 20.7. The van der Waals surface area contributed by atoms with Gasteiger partial charge in [-0.1, -0.05) is 12.5 Å². The summed E-state index contributed by atoms with van der Waals surface area (Å²) >= 11 is 0. The quantitative estimate of drug-likeness (QED) is 0.780. The lowest BCUT2D eigenvalue weighted by molar-refractivity contribution is -0.125. The molecule has 28 heavy (non-hydrogen) atoms. The summed E-state index contributed by atoms with van der Waals surface area (Å²) in [5.41, 5.74) is 1.12. The summed E-state index contributed by atoms with van der Waals surface area (Å²) in [5.74, 6) is -0.655. The predicted octanol–water partition coefficient (Wildman–Crippen LogP) is 0.782. The van der Waals surface area contributed by atoms with E-state index in [1.165, 1.54) is 10.6 Å². The van der Waals surface area contributed by atoms with Crippen molar-refractivity contribution in [3.8, 4) is 0 Å². The van der Waals surface area contributed by atoms with Crippen LogP contribution in [0.25, 0.3) is 0 Å². The molecule has 2 heterocycles. The monoisotopic (exact) mass is 408 g/mol. The van der Waals surface area contributed by atoms with Gasteiger partial charge in [-0.25, -0.2) is 13.4 Å². The maximum Gasteiger partial charge on any atom is 0.272 e. The lowest BCUT2D eigenvalue weighted by atomic mass is 10.0. The number of amides is 2. The number of fused-ring (bicyclic) bond motifs is 1. The Morgan fingerprint density at radius 1 is 1.18 bits per heavy atom. The molecule has 2 atom stereocenters. The van der Waals surface area contributed by atoms with Crippen molar-refractivity contribution in [2.24, 2.45) is 5.92 Å². The summed E-state index contributed by atoms with van der Waals surface area (Å²) in [7, 11) is -3.44. The number of aromatic nitrogens is 1. The molecule has 2 amide bonds. The molecule has 2 aliphatic rings.